The Labute approximate surface area is 200 Å². The predicted octanol–water partition coefficient (Wildman–Crippen LogP) is 4.39. The first kappa shape index (κ1) is 25.1. The minimum atomic E-state index is -0.253. The van der Waals surface area contributed by atoms with Crippen LogP contribution < -0.4 is 10.6 Å². The van der Waals surface area contributed by atoms with Crippen molar-refractivity contribution in [1.82, 2.24) is 20.2 Å². The third kappa shape index (κ3) is 6.90. The molecule has 0 atom stereocenters. The predicted molar refractivity (Wildman–Crippen MR) is 134 cm³/mol. The maximum atomic E-state index is 13.8. The van der Waals surface area contributed by atoms with Crippen molar-refractivity contribution < 1.29 is 9.13 Å². The number of methoxy groups -OCH3 is 1. The number of aliphatic imine (C=N–C) groups is 1. The van der Waals surface area contributed by atoms with Crippen LogP contribution in [0.2, 0.25) is 0 Å². The zero-order valence-electron chi connectivity index (χ0n) is 18.3. The summed E-state index contributed by atoms with van der Waals surface area (Å²) in [6, 6.07) is 13.2. The molecule has 0 bridgehead atoms. The molecule has 1 heterocycles. The molecule has 3 aromatic rings. The number of hydrogen-bond acceptors (Lipinski definition) is 3. The smallest absolute Gasteiger partial charge is 0.191 e. The van der Waals surface area contributed by atoms with Gasteiger partial charge in [0.15, 0.2) is 5.96 Å². The van der Waals surface area contributed by atoms with Crippen LogP contribution in [0, 0.1) is 12.7 Å². The molecule has 168 valence electrons. The van der Waals surface area contributed by atoms with Gasteiger partial charge in [-0.3, -0.25) is 0 Å². The SMILES string of the molecule is CCNC(=NCc1ccc(F)c(COC)c1)NCCCn1c(C)nc2ccccc21.I. The van der Waals surface area contributed by atoms with E-state index in [9.17, 15) is 4.39 Å². The number of nitrogens with zero attached hydrogens (tertiary/aromatic N) is 3. The molecule has 0 amide bonds. The second-order valence-electron chi connectivity index (χ2n) is 7.13. The van der Waals surface area contributed by atoms with Gasteiger partial charge in [0.2, 0.25) is 0 Å². The fourth-order valence-corrected chi connectivity index (χ4v) is 3.43. The number of halogens is 2. The molecule has 0 aliphatic heterocycles. The Hall–Kier alpha value is -2.20. The van der Waals surface area contributed by atoms with Crippen molar-refractivity contribution >= 4 is 41.0 Å². The molecule has 0 saturated carbocycles. The van der Waals surface area contributed by atoms with E-state index in [0.29, 0.717) is 12.1 Å². The second kappa shape index (κ2) is 12.6. The molecule has 0 fully saturated rings. The molecule has 0 saturated heterocycles. The van der Waals surface area contributed by atoms with E-state index in [0.717, 1.165) is 48.9 Å². The number of aryl methyl sites for hydroxylation is 2. The molecule has 8 heteroatoms. The standard InChI is InChI=1S/C23H30FN5O.HI/c1-4-25-23(27-15-18-10-11-20(24)19(14-18)16-30-3)26-12-7-13-29-17(2)28-21-8-5-6-9-22(21)29;/h5-6,8-11,14H,4,7,12-13,15-16H2,1-3H3,(H2,25,26,27);1H. The van der Waals surface area contributed by atoms with Crippen LogP contribution in [0.25, 0.3) is 11.0 Å². The molecule has 0 aliphatic rings. The largest absolute Gasteiger partial charge is 0.380 e. The third-order valence-corrected chi connectivity index (χ3v) is 4.87. The fraction of sp³-hybridized carbons (Fsp3) is 0.391. The molecule has 31 heavy (non-hydrogen) atoms. The van der Waals surface area contributed by atoms with Crippen molar-refractivity contribution in [2.24, 2.45) is 4.99 Å². The van der Waals surface area contributed by atoms with E-state index >= 15 is 0 Å². The molecule has 3 rings (SSSR count). The zero-order chi connectivity index (χ0) is 21.3. The van der Waals surface area contributed by atoms with E-state index in [4.69, 9.17) is 4.74 Å². The quantitative estimate of drug-likeness (QED) is 0.183. The lowest BCUT2D eigenvalue weighted by Crippen LogP contribution is -2.38. The van der Waals surface area contributed by atoms with Gasteiger partial charge in [-0.1, -0.05) is 18.2 Å². The fourth-order valence-electron chi connectivity index (χ4n) is 3.43. The normalized spacial score (nSPS) is 11.4. The van der Waals surface area contributed by atoms with Crippen LogP contribution in [0.5, 0.6) is 0 Å². The number of para-hydroxylation sites is 2. The number of imidazole rings is 1. The number of ether oxygens (including phenoxy) is 1. The summed E-state index contributed by atoms with van der Waals surface area (Å²) in [4.78, 5) is 9.25. The van der Waals surface area contributed by atoms with Crippen molar-refractivity contribution in [3.63, 3.8) is 0 Å². The van der Waals surface area contributed by atoms with E-state index in [1.165, 1.54) is 11.6 Å². The summed E-state index contributed by atoms with van der Waals surface area (Å²) in [6.07, 6.45) is 0.945. The van der Waals surface area contributed by atoms with Crippen LogP contribution in [-0.2, 0) is 24.4 Å². The Kier molecular flexibility index (Phi) is 10.2. The van der Waals surface area contributed by atoms with Crippen molar-refractivity contribution in [3.05, 3.63) is 65.2 Å². The first-order valence-corrected chi connectivity index (χ1v) is 10.3. The lowest BCUT2D eigenvalue weighted by Gasteiger charge is -2.12. The average molecular weight is 539 g/mol. The molecule has 6 nitrogen and oxygen atoms in total. The van der Waals surface area contributed by atoms with Crippen molar-refractivity contribution in [3.8, 4) is 0 Å². The van der Waals surface area contributed by atoms with Gasteiger partial charge >= 0.3 is 0 Å². The summed E-state index contributed by atoms with van der Waals surface area (Å²) in [7, 11) is 1.56. The molecule has 0 radical (unpaired) electrons. The van der Waals surface area contributed by atoms with Crippen molar-refractivity contribution in [1.29, 1.82) is 0 Å². The highest BCUT2D eigenvalue weighted by Crippen LogP contribution is 2.15. The van der Waals surface area contributed by atoms with Crippen LogP contribution in [-0.4, -0.2) is 35.7 Å². The molecule has 0 unspecified atom stereocenters. The van der Waals surface area contributed by atoms with Crippen LogP contribution >= 0.6 is 24.0 Å². The number of rotatable bonds is 9. The van der Waals surface area contributed by atoms with Gasteiger partial charge in [0.1, 0.15) is 11.6 Å². The summed E-state index contributed by atoms with van der Waals surface area (Å²) in [5, 5.41) is 6.64. The Morgan fingerprint density at radius 1 is 1.19 bits per heavy atom. The van der Waals surface area contributed by atoms with Gasteiger partial charge in [-0.2, -0.15) is 0 Å². The highest BCUT2D eigenvalue weighted by molar-refractivity contribution is 14.0. The minimum Gasteiger partial charge on any atom is -0.380 e. The van der Waals surface area contributed by atoms with Crippen LogP contribution in [0.15, 0.2) is 47.5 Å². The summed E-state index contributed by atoms with van der Waals surface area (Å²) >= 11 is 0. The summed E-state index contributed by atoms with van der Waals surface area (Å²) in [5.74, 6) is 1.53. The van der Waals surface area contributed by atoms with E-state index in [-0.39, 0.29) is 36.4 Å². The second-order valence-corrected chi connectivity index (χ2v) is 7.13. The van der Waals surface area contributed by atoms with Crippen molar-refractivity contribution in [2.45, 2.75) is 40.0 Å². The van der Waals surface area contributed by atoms with E-state index < -0.39 is 0 Å². The maximum Gasteiger partial charge on any atom is 0.191 e. The van der Waals surface area contributed by atoms with Gasteiger partial charge in [0.25, 0.3) is 0 Å². The van der Waals surface area contributed by atoms with Crippen LogP contribution in [0.4, 0.5) is 4.39 Å². The van der Waals surface area contributed by atoms with Gasteiger partial charge in [-0.15, -0.1) is 24.0 Å². The molecule has 1 aromatic heterocycles. The number of hydrogen-bond donors (Lipinski definition) is 2. The molecule has 0 aliphatic carbocycles. The van der Waals surface area contributed by atoms with Crippen molar-refractivity contribution in [2.75, 3.05) is 20.2 Å². The van der Waals surface area contributed by atoms with E-state index in [1.54, 1.807) is 19.2 Å². The van der Waals surface area contributed by atoms with Gasteiger partial charge in [0.05, 0.1) is 24.2 Å². The third-order valence-electron chi connectivity index (χ3n) is 4.87. The highest BCUT2D eigenvalue weighted by Gasteiger charge is 2.07. The highest BCUT2D eigenvalue weighted by atomic mass is 127. The maximum absolute atomic E-state index is 13.8. The van der Waals surface area contributed by atoms with E-state index in [1.807, 2.05) is 32.0 Å². The molecule has 2 aromatic carbocycles. The summed E-state index contributed by atoms with van der Waals surface area (Å²) in [5.41, 5.74) is 3.69. The zero-order valence-corrected chi connectivity index (χ0v) is 20.7. The number of aromatic nitrogens is 2. The van der Waals surface area contributed by atoms with Crippen LogP contribution in [0.3, 0.4) is 0 Å². The minimum absolute atomic E-state index is 0. The summed E-state index contributed by atoms with van der Waals surface area (Å²) in [6.45, 7) is 7.25. The Morgan fingerprint density at radius 3 is 2.77 bits per heavy atom. The Balaban J connectivity index is 0.00000341. The van der Waals surface area contributed by atoms with E-state index in [2.05, 4.69) is 31.2 Å². The topological polar surface area (TPSA) is 63.5 Å². The van der Waals surface area contributed by atoms with Gasteiger partial charge in [-0.05, 0) is 50.1 Å². The lowest BCUT2D eigenvalue weighted by molar-refractivity contribution is 0.181. The van der Waals surface area contributed by atoms with Crippen LogP contribution in [0.1, 0.15) is 30.3 Å². The molecule has 0 spiro atoms. The summed E-state index contributed by atoms with van der Waals surface area (Å²) < 4.78 is 21.1. The van der Waals surface area contributed by atoms with Gasteiger partial charge < -0.3 is 19.9 Å². The number of guanidine groups is 1. The number of nitrogens with one attached hydrogen (secondary N) is 2. The number of benzene rings is 2. The first-order valence-electron chi connectivity index (χ1n) is 10.3. The average Bonchev–Trinajstić information content (AvgIpc) is 3.06. The first-order chi connectivity index (χ1) is 14.6. The Bertz CT molecular complexity index is 1000. The lowest BCUT2D eigenvalue weighted by atomic mass is 10.1. The monoisotopic (exact) mass is 539 g/mol. The molecular weight excluding hydrogens is 508 g/mol. The van der Waals surface area contributed by atoms with Gasteiger partial charge in [0, 0.05) is 32.3 Å². The molecule has 2 N–H and O–H groups in total. The Morgan fingerprint density at radius 2 is 2.00 bits per heavy atom. The number of fused-ring (bicyclic) bond motifs is 1. The molecular formula is C23H31FIN5O. The van der Waals surface area contributed by atoms with Gasteiger partial charge in [-0.25, -0.2) is 14.4 Å².